The fourth-order valence-corrected chi connectivity index (χ4v) is 1.90. The first-order valence-corrected chi connectivity index (χ1v) is 6.05. The minimum Gasteiger partial charge on any atom is -0.474 e. The molecule has 19 heavy (non-hydrogen) atoms. The average Bonchev–Trinajstić information content (AvgIpc) is 2.40. The third-order valence-electron chi connectivity index (χ3n) is 3.04. The topological polar surface area (TPSA) is 65.5 Å². The van der Waals surface area contributed by atoms with Crippen LogP contribution >= 0.6 is 0 Å². The van der Waals surface area contributed by atoms with E-state index >= 15 is 0 Å². The molecule has 0 atom stereocenters. The van der Waals surface area contributed by atoms with E-state index in [0.29, 0.717) is 25.0 Å². The summed E-state index contributed by atoms with van der Waals surface area (Å²) in [6, 6.07) is 3.56. The van der Waals surface area contributed by atoms with Crippen LogP contribution in [0.5, 0.6) is 5.88 Å². The molecule has 1 heterocycles. The maximum Gasteiger partial charge on any atom is 0.308 e. The van der Waals surface area contributed by atoms with Gasteiger partial charge in [-0.3, -0.25) is 9.59 Å². The van der Waals surface area contributed by atoms with E-state index in [1.54, 1.807) is 18.3 Å². The van der Waals surface area contributed by atoms with E-state index < -0.39 is 0 Å². The van der Waals surface area contributed by atoms with Gasteiger partial charge in [-0.25, -0.2) is 4.98 Å². The molecule has 1 aliphatic carbocycles. The summed E-state index contributed by atoms with van der Waals surface area (Å²) in [6.07, 6.45) is 6.78. The number of allylic oxidation sites excluding steroid dienone is 1. The van der Waals surface area contributed by atoms with Crippen LogP contribution in [0.4, 0.5) is 0 Å². The van der Waals surface area contributed by atoms with Crippen molar-refractivity contribution in [3.05, 3.63) is 30.0 Å². The van der Waals surface area contributed by atoms with Crippen LogP contribution in [0.25, 0.3) is 6.08 Å². The van der Waals surface area contributed by atoms with Crippen molar-refractivity contribution >= 4 is 18.3 Å². The van der Waals surface area contributed by atoms with Gasteiger partial charge in [0.15, 0.2) is 0 Å². The van der Waals surface area contributed by atoms with Crippen LogP contribution in [-0.4, -0.2) is 30.5 Å². The van der Waals surface area contributed by atoms with Crippen LogP contribution < -0.4 is 4.74 Å². The van der Waals surface area contributed by atoms with Gasteiger partial charge < -0.3 is 9.47 Å². The van der Waals surface area contributed by atoms with Crippen molar-refractivity contribution in [2.75, 3.05) is 7.11 Å². The van der Waals surface area contributed by atoms with E-state index in [4.69, 9.17) is 4.74 Å². The van der Waals surface area contributed by atoms with E-state index in [1.807, 2.05) is 6.07 Å². The zero-order valence-corrected chi connectivity index (χ0v) is 10.6. The Labute approximate surface area is 111 Å². The first-order valence-electron chi connectivity index (χ1n) is 6.05. The number of aromatic nitrogens is 1. The Hall–Kier alpha value is -2.17. The number of carbonyl (C=O) groups excluding carboxylic acids is 2. The zero-order chi connectivity index (χ0) is 13.7. The summed E-state index contributed by atoms with van der Waals surface area (Å²) in [6.45, 7) is 0. The van der Waals surface area contributed by atoms with Crippen LogP contribution in [0.2, 0.25) is 0 Å². The smallest absolute Gasteiger partial charge is 0.308 e. The van der Waals surface area contributed by atoms with Gasteiger partial charge in [-0.2, -0.15) is 0 Å². The normalized spacial score (nSPS) is 21.7. The van der Waals surface area contributed by atoms with Gasteiger partial charge in [0.1, 0.15) is 12.4 Å². The Morgan fingerprint density at radius 1 is 1.42 bits per heavy atom. The van der Waals surface area contributed by atoms with Crippen LogP contribution in [-0.2, 0) is 14.3 Å². The number of hydrogen-bond acceptors (Lipinski definition) is 5. The maximum atomic E-state index is 11.2. The lowest BCUT2D eigenvalue weighted by atomic mass is 9.82. The molecule has 1 saturated carbocycles. The molecule has 5 nitrogen and oxygen atoms in total. The van der Waals surface area contributed by atoms with Gasteiger partial charge in [0.2, 0.25) is 5.88 Å². The van der Waals surface area contributed by atoms with Gasteiger partial charge in [0.25, 0.3) is 0 Å². The Morgan fingerprint density at radius 3 is 2.79 bits per heavy atom. The van der Waals surface area contributed by atoms with Crippen molar-refractivity contribution in [2.45, 2.75) is 18.9 Å². The van der Waals surface area contributed by atoms with Gasteiger partial charge in [-0.05, 0) is 30.5 Å². The Bertz CT molecular complexity index is 475. The maximum absolute atomic E-state index is 11.2. The minimum atomic E-state index is -0.179. The number of aldehydes is 1. The molecular weight excluding hydrogens is 246 g/mol. The molecule has 1 aromatic rings. The monoisotopic (exact) mass is 261 g/mol. The summed E-state index contributed by atoms with van der Waals surface area (Å²) < 4.78 is 10.3. The Morgan fingerprint density at radius 2 is 2.21 bits per heavy atom. The number of nitrogens with zero attached hydrogens (tertiary/aromatic N) is 1. The Kier molecular flexibility index (Phi) is 4.28. The summed E-state index contributed by atoms with van der Waals surface area (Å²) in [5.41, 5.74) is 0.834. The van der Waals surface area contributed by atoms with Crippen LogP contribution in [0.15, 0.2) is 24.4 Å². The highest BCUT2D eigenvalue weighted by Crippen LogP contribution is 2.31. The van der Waals surface area contributed by atoms with Crippen molar-refractivity contribution in [3.63, 3.8) is 0 Å². The van der Waals surface area contributed by atoms with Crippen molar-refractivity contribution < 1.29 is 19.1 Å². The molecule has 100 valence electrons. The van der Waals surface area contributed by atoms with E-state index in [2.05, 4.69) is 9.72 Å². The standard InChI is InChI=1S/C14H15NO4/c1-18-14(17)11-7-12(8-11)19-13-5-4-10(9-15-13)3-2-6-16/h2-6,9,11-12H,7-8H2,1H3/b3-2+. The highest BCUT2D eigenvalue weighted by molar-refractivity contribution is 5.74. The molecule has 0 aliphatic heterocycles. The largest absolute Gasteiger partial charge is 0.474 e. The molecule has 0 aromatic carbocycles. The van der Waals surface area contributed by atoms with E-state index in [-0.39, 0.29) is 18.0 Å². The quantitative estimate of drug-likeness (QED) is 0.458. The van der Waals surface area contributed by atoms with Crippen molar-refractivity contribution in [3.8, 4) is 5.88 Å². The third kappa shape index (κ3) is 3.40. The molecule has 0 amide bonds. The highest BCUT2D eigenvalue weighted by atomic mass is 16.5. The SMILES string of the molecule is COC(=O)C1CC(Oc2ccc(/C=C/C=O)cn2)C1. The highest BCUT2D eigenvalue weighted by Gasteiger charge is 2.37. The molecule has 0 saturated heterocycles. The number of pyridine rings is 1. The number of methoxy groups -OCH3 is 1. The molecule has 0 unspecified atom stereocenters. The first kappa shape index (κ1) is 13.3. The molecule has 0 radical (unpaired) electrons. The van der Waals surface area contributed by atoms with Crippen molar-refractivity contribution in [2.24, 2.45) is 5.92 Å². The lowest BCUT2D eigenvalue weighted by Gasteiger charge is -2.32. The van der Waals surface area contributed by atoms with Crippen LogP contribution in [0, 0.1) is 5.92 Å². The Balaban J connectivity index is 1.83. The lowest BCUT2D eigenvalue weighted by Crippen LogP contribution is -2.38. The summed E-state index contributed by atoms with van der Waals surface area (Å²) >= 11 is 0. The number of carbonyl (C=O) groups is 2. The summed E-state index contributed by atoms with van der Waals surface area (Å²) in [4.78, 5) is 25.5. The van der Waals surface area contributed by atoms with Crippen LogP contribution in [0.3, 0.4) is 0 Å². The molecular formula is C14H15NO4. The molecule has 0 bridgehead atoms. The second kappa shape index (κ2) is 6.13. The molecule has 0 N–H and O–H groups in total. The second-order valence-corrected chi connectivity index (χ2v) is 4.36. The fourth-order valence-electron chi connectivity index (χ4n) is 1.90. The van der Waals surface area contributed by atoms with Crippen LogP contribution in [0.1, 0.15) is 18.4 Å². The minimum absolute atomic E-state index is 0.0213. The van der Waals surface area contributed by atoms with Gasteiger partial charge in [0, 0.05) is 12.3 Å². The number of ether oxygens (including phenoxy) is 2. The number of rotatable bonds is 5. The van der Waals surface area contributed by atoms with Gasteiger partial charge in [-0.15, -0.1) is 0 Å². The fraction of sp³-hybridized carbons (Fsp3) is 0.357. The molecule has 5 heteroatoms. The number of hydrogen-bond donors (Lipinski definition) is 0. The van der Waals surface area contributed by atoms with E-state index in [1.165, 1.54) is 13.2 Å². The zero-order valence-electron chi connectivity index (χ0n) is 10.6. The molecule has 2 rings (SSSR count). The second-order valence-electron chi connectivity index (χ2n) is 4.36. The first-order chi connectivity index (χ1) is 9.22. The predicted octanol–water partition coefficient (Wildman–Crippen LogP) is 1.62. The van der Waals surface area contributed by atoms with Gasteiger partial charge in [-0.1, -0.05) is 6.08 Å². The summed E-state index contributed by atoms with van der Waals surface area (Å²) in [5.74, 6) is 0.295. The van der Waals surface area contributed by atoms with Crippen molar-refractivity contribution in [1.82, 2.24) is 4.98 Å². The van der Waals surface area contributed by atoms with Crippen molar-refractivity contribution in [1.29, 1.82) is 0 Å². The van der Waals surface area contributed by atoms with E-state index in [9.17, 15) is 9.59 Å². The molecule has 1 aliphatic rings. The summed E-state index contributed by atoms with van der Waals surface area (Å²) in [5, 5.41) is 0. The van der Waals surface area contributed by atoms with E-state index in [0.717, 1.165) is 5.56 Å². The molecule has 1 fully saturated rings. The van der Waals surface area contributed by atoms with Gasteiger partial charge in [0.05, 0.1) is 13.0 Å². The summed E-state index contributed by atoms with van der Waals surface area (Å²) in [7, 11) is 1.39. The molecule has 0 spiro atoms. The molecule has 1 aromatic heterocycles. The van der Waals surface area contributed by atoms with Gasteiger partial charge >= 0.3 is 5.97 Å². The average molecular weight is 261 g/mol. The third-order valence-corrected chi connectivity index (χ3v) is 3.04. The lowest BCUT2D eigenvalue weighted by molar-refractivity contribution is -0.151. The number of esters is 1. The predicted molar refractivity (Wildman–Crippen MR) is 68.5 cm³/mol.